The van der Waals surface area contributed by atoms with Crippen molar-refractivity contribution in [3.05, 3.63) is 40.9 Å². The molecule has 1 aliphatic heterocycles. The first-order valence-electron chi connectivity index (χ1n) is 8.26. The Balaban J connectivity index is 1.86. The number of anilines is 1. The molecule has 0 aliphatic carbocycles. The minimum absolute atomic E-state index is 0.211. The molecule has 2 aromatic heterocycles. The molecule has 0 amide bonds. The highest BCUT2D eigenvalue weighted by molar-refractivity contribution is 5.74. The number of aromatic nitrogens is 4. The van der Waals surface area contributed by atoms with E-state index in [4.69, 9.17) is 4.74 Å². The normalized spacial score (nSPS) is 17.1. The Morgan fingerprint density at radius 2 is 2.20 bits per heavy atom. The van der Waals surface area contributed by atoms with E-state index in [0.29, 0.717) is 28.5 Å². The van der Waals surface area contributed by atoms with Crippen LogP contribution in [0.2, 0.25) is 0 Å². The number of nitrogens with zero attached hydrogens (tertiary/aromatic N) is 4. The van der Waals surface area contributed by atoms with Gasteiger partial charge in [0.2, 0.25) is 5.95 Å². The summed E-state index contributed by atoms with van der Waals surface area (Å²) >= 11 is 0. The fourth-order valence-electron chi connectivity index (χ4n) is 3.23. The first-order chi connectivity index (χ1) is 12.2. The molecular weight excluding hydrogens is 320 g/mol. The second-order valence-electron chi connectivity index (χ2n) is 6.07. The number of rotatable bonds is 4. The largest absolute Gasteiger partial charge is 0.495 e. The van der Waals surface area contributed by atoms with Crippen molar-refractivity contribution in [1.29, 1.82) is 0 Å². The minimum Gasteiger partial charge on any atom is -0.495 e. The topological polar surface area (TPSA) is 88.1 Å². The maximum Gasteiger partial charge on any atom is 0.332 e. The maximum atomic E-state index is 12.5. The first-order valence-corrected chi connectivity index (χ1v) is 8.26. The third kappa shape index (κ3) is 2.64. The van der Waals surface area contributed by atoms with Crippen LogP contribution in [0.25, 0.3) is 16.9 Å². The molecule has 8 nitrogen and oxygen atoms in total. The Kier molecular flexibility index (Phi) is 3.89. The lowest BCUT2D eigenvalue weighted by Crippen LogP contribution is -2.40. The Morgan fingerprint density at radius 1 is 1.36 bits per heavy atom. The summed E-state index contributed by atoms with van der Waals surface area (Å²) in [6, 6.07) is 7.37. The number of hydrogen-bond donors (Lipinski definition) is 2. The molecule has 3 heterocycles. The van der Waals surface area contributed by atoms with Crippen LogP contribution in [0.3, 0.4) is 0 Å². The average Bonchev–Trinajstić information content (AvgIpc) is 3.27. The molecule has 3 aromatic rings. The van der Waals surface area contributed by atoms with Gasteiger partial charge in [-0.3, -0.25) is 5.32 Å². The Hall–Kier alpha value is -2.87. The molecule has 1 fully saturated rings. The van der Waals surface area contributed by atoms with E-state index < -0.39 is 0 Å². The summed E-state index contributed by atoms with van der Waals surface area (Å²) in [6.45, 7) is 0.993. The molecule has 0 radical (unpaired) electrons. The molecule has 0 bridgehead atoms. The van der Waals surface area contributed by atoms with Crippen LogP contribution in [0.4, 0.5) is 5.95 Å². The minimum atomic E-state index is -0.271. The number of para-hydroxylation sites is 2. The van der Waals surface area contributed by atoms with Gasteiger partial charge in [-0.15, -0.1) is 0 Å². The lowest BCUT2D eigenvalue weighted by molar-refractivity contribution is 0.413. The second kappa shape index (κ2) is 6.21. The fourth-order valence-corrected chi connectivity index (χ4v) is 3.23. The van der Waals surface area contributed by atoms with Gasteiger partial charge < -0.3 is 14.6 Å². The van der Waals surface area contributed by atoms with Crippen LogP contribution in [-0.2, 0) is 0 Å². The number of H-pyrrole nitrogens is 1. The molecule has 1 atom stereocenters. The van der Waals surface area contributed by atoms with Gasteiger partial charge in [0.05, 0.1) is 25.2 Å². The Bertz CT molecular complexity index is 957. The molecule has 0 spiro atoms. The van der Waals surface area contributed by atoms with E-state index in [1.165, 1.54) is 4.57 Å². The van der Waals surface area contributed by atoms with Gasteiger partial charge in [0, 0.05) is 7.05 Å². The molecule has 1 aromatic carbocycles. The number of imidazole rings is 1. The molecule has 4 rings (SSSR count). The predicted molar refractivity (Wildman–Crippen MR) is 95.5 cm³/mol. The summed E-state index contributed by atoms with van der Waals surface area (Å²) in [5, 5.41) is 3.42. The van der Waals surface area contributed by atoms with Crippen LogP contribution in [0, 0.1) is 0 Å². The van der Waals surface area contributed by atoms with Crippen molar-refractivity contribution in [3.8, 4) is 11.4 Å². The molecular formula is C17H20N6O2. The zero-order valence-corrected chi connectivity index (χ0v) is 14.2. The highest BCUT2D eigenvalue weighted by atomic mass is 16.5. The quantitative estimate of drug-likeness (QED) is 0.743. The van der Waals surface area contributed by atoms with Crippen molar-refractivity contribution >= 4 is 17.1 Å². The SMILES string of the molecule is COc1ccccc1-n1c(=O)[nH]c2cnc(N(C)[C@@H]3CCCN3)nc21. The monoisotopic (exact) mass is 340 g/mol. The third-order valence-corrected chi connectivity index (χ3v) is 4.56. The van der Waals surface area contributed by atoms with Gasteiger partial charge in [-0.2, -0.15) is 4.98 Å². The molecule has 25 heavy (non-hydrogen) atoms. The molecule has 0 unspecified atom stereocenters. The van der Waals surface area contributed by atoms with E-state index in [1.54, 1.807) is 13.3 Å². The van der Waals surface area contributed by atoms with Crippen LogP contribution >= 0.6 is 0 Å². The molecule has 0 saturated carbocycles. The van der Waals surface area contributed by atoms with E-state index in [1.807, 2.05) is 36.2 Å². The standard InChI is InChI=1S/C17H20N6O2/c1-22(14-8-5-9-18-14)16-19-10-11-15(21-16)23(17(24)20-11)12-6-3-4-7-13(12)25-2/h3-4,6-7,10,14,18H,5,8-9H2,1-2H3,(H,20,24)/t14-/m1/s1. The molecule has 130 valence electrons. The Morgan fingerprint density at radius 3 is 2.96 bits per heavy atom. The van der Waals surface area contributed by atoms with E-state index in [2.05, 4.69) is 20.3 Å². The maximum absolute atomic E-state index is 12.5. The van der Waals surface area contributed by atoms with Crippen molar-refractivity contribution in [3.63, 3.8) is 0 Å². The lowest BCUT2D eigenvalue weighted by atomic mass is 10.3. The third-order valence-electron chi connectivity index (χ3n) is 4.56. The van der Waals surface area contributed by atoms with Gasteiger partial charge in [-0.25, -0.2) is 14.3 Å². The van der Waals surface area contributed by atoms with Gasteiger partial charge in [-0.1, -0.05) is 12.1 Å². The van der Waals surface area contributed by atoms with E-state index in [0.717, 1.165) is 19.4 Å². The molecule has 2 N–H and O–H groups in total. The number of methoxy groups -OCH3 is 1. The van der Waals surface area contributed by atoms with Gasteiger partial charge in [0.15, 0.2) is 5.65 Å². The van der Waals surface area contributed by atoms with E-state index in [9.17, 15) is 4.79 Å². The van der Waals surface area contributed by atoms with Gasteiger partial charge in [-0.05, 0) is 31.5 Å². The summed E-state index contributed by atoms with van der Waals surface area (Å²) in [5.74, 6) is 1.19. The van der Waals surface area contributed by atoms with Crippen LogP contribution in [-0.4, -0.2) is 46.4 Å². The number of benzene rings is 1. The molecule has 8 heteroatoms. The van der Waals surface area contributed by atoms with Crippen LogP contribution in [0.1, 0.15) is 12.8 Å². The summed E-state index contributed by atoms with van der Waals surface area (Å²) in [6.07, 6.45) is 4.04. The van der Waals surface area contributed by atoms with Gasteiger partial charge >= 0.3 is 5.69 Å². The number of nitrogens with one attached hydrogen (secondary N) is 2. The summed E-state index contributed by atoms with van der Waals surface area (Å²) < 4.78 is 6.92. The fraction of sp³-hybridized carbons (Fsp3) is 0.353. The number of hydrogen-bond acceptors (Lipinski definition) is 6. The van der Waals surface area contributed by atoms with Crippen molar-refractivity contribution < 1.29 is 4.74 Å². The number of aromatic amines is 1. The van der Waals surface area contributed by atoms with Crippen molar-refractivity contribution in [2.75, 3.05) is 25.6 Å². The molecule has 1 aliphatic rings. The highest BCUT2D eigenvalue weighted by Gasteiger charge is 2.22. The van der Waals surface area contributed by atoms with Crippen molar-refractivity contribution in [2.45, 2.75) is 19.0 Å². The average molecular weight is 340 g/mol. The van der Waals surface area contributed by atoms with Gasteiger partial charge in [0.1, 0.15) is 11.3 Å². The van der Waals surface area contributed by atoms with Crippen LogP contribution < -0.4 is 20.6 Å². The lowest BCUT2D eigenvalue weighted by Gasteiger charge is -2.24. The van der Waals surface area contributed by atoms with E-state index >= 15 is 0 Å². The predicted octanol–water partition coefficient (Wildman–Crippen LogP) is 1.26. The second-order valence-corrected chi connectivity index (χ2v) is 6.07. The summed E-state index contributed by atoms with van der Waals surface area (Å²) in [4.78, 5) is 26.4. The Labute approximate surface area is 144 Å². The zero-order valence-electron chi connectivity index (χ0n) is 14.2. The highest BCUT2D eigenvalue weighted by Crippen LogP contribution is 2.24. The summed E-state index contributed by atoms with van der Waals surface area (Å²) in [7, 11) is 3.54. The smallest absolute Gasteiger partial charge is 0.332 e. The zero-order chi connectivity index (χ0) is 17.4. The molecule has 1 saturated heterocycles. The van der Waals surface area contributed by atoms with Crippen molar-refractivity contribution in [2.24, 2.45) is 0 Å². The van der Waals surface area contributed by atoms with Crippen molar-refractivity contribution in [1.82, 2.24) is 24.8 Å². The van der Waals surface area contributed by atoms with Crippen LogP contribution in [0.5, 0.6) is 5.75 Å². The van der Waals surface area contributed by atoms with Gasteiger partial charge in [0.25, 0.3) is 0 Å². The summed E-state index contributed by atoms with van der Waals surface area (Å²) in [5.41, 5.74) is 1.50. The van der Waals surface area contributed by atoms with E-state index in [-0.39, 0.29) is 11.9 Å². The number of ether oxygens (including phenoxy) is 1. The first kappa shape index (κ1) is 15.6. The number of fused-ring (bicyclic) bond motifs is 1. The van der Waals surface area contributed by atoms with Crippen LogP contribution in [0.15, 0.2) is 35.3 Å².